The van der Waals surface area contributed by atoms with E-state index in [9.17, 15) is 0 Å². The smallest absolute Gasteiger partial charge is 0.117 e. The Morgan fingerprint density at radius 1 is 0.756 bits per heavy atom. The van der Waals surface area contributed by atoms with Crippen LogP contribution in [0.1, 0.15) is 107 Å². The highest BCUT2D eigenvalue weighted by Crippen LogP contribution is 2.39. The van der Waals surface area contributed by atoms with Crippen molar-refractivity contribution >= 4 is 33.0 Å². The van der Waals surface area contributed by atoms with Gasteiger partial charge in [0.25, 0.3) is 0 Å². The third-order valence-electron chi connectivity index (χ3n) is 8.62. The molecule has 0 bridgehead atoms. The lowest BCUT2D eigenvalue weighted by Crippen LogP contribution is -2.58. The molecule has 2 heterocycles. The zero-order valence-electron chi connectivity index (χ0n) is 28.2. The van der Waals surface area contributed by atoms with Gasteiger partial charge in [0.2, 0.25) is 0 Å². The van der Waals surface area contributed by atoms with Crippen LogP contribution in [0.4, 0.5) is 0 Å². The maximum atomic E-state index is 7.00. The van der Waals surface area contributed by atoms with E-state index in [2.05, 4.69) is 71.0 Å². The van der Waals surface area contributed by atoms with Crippen molar-refractivity contribution in [3.63, 3.8) is 0 Å². The number of ether oxygens (including phenoxy) is 5. The number of unbranched alkanes of at least 4 members (excludes halogenated alkanes) is 4. The third-order valence-corrected chi connectivity index (χ3v) is 10.1. The Morgan fingerprint density at radius 2 is 1.40 bits per heavy atom. The first-order valence-electron chi connectivity index (χ1n) is 17.3. The third kappa shape index (κ3) is 10.2. The van der Waals surface area contributed by atoms with Crippen LogP contribution in [0.5, 0.6) is 0 Å². The Balaban J connectivity index is 1.66. The minimum atomic E-state index is -0.290. The van der Waals surface area contributed by atoms with Crippen LogP contribution < -0.4 is 0 Å². The van der Waals surface area contributed by atoms with E-state index in [1.807, 2.05) is 17.4 Å². The van der Waals surface area contributed by atoms with Gasteiger partial charge < -0.3 is 23.7 Å². The van der Waals surface area contributed by atoms with E-state index >= 15 is 0 Å². The second-order valence-electron chi connectivity index (χ2n) is 12.3. The second-order valence-corrected chi connectivity index (χ2v) is 13.9. The standard InChI is InChI=1S/C38H55ClO5S/c1-6-10-19-40-26-32-36(41-20-11-7-2)38(43-22-13-9-4)37(42-21-12-8-3)35(44-32)29-16-14-15-28(23-29)24-34-27(5)31-25-30(39)17-18-33(31)45-34/h14-18,23,25,32,35-38H,6-13,19-22,24,26H2,1-5H3/t32-,35+,36-,37+,38?/m1/s1. The summed E-state index contributed by atoms with van der Waals surface area (Å²) in [6, 6.07) is 15.0. The lowest BCUT2D eigenvalue weighted by Gasteiger charge is -2.46. The molecule has 1 aliphatic rings. The molecular weight excluding hydrogens is 604 g/mol. The van der Waals surface area contributed by atoms with Gasteiger partial charge in [-0.25, -0.2) is 0 Å². The molecule has 7 heteroatoms. The SMILES string of the molecule is CCCCOC[C@H]1O[C@@H](c2cccc(Cc3sc4ccc(Cl)cc4c3C)c2)[C@H](OCCCC)C(OCCCC)[C@@H]1OCCCC. The monoisotopic (exact) mass is 658 g/mol. The number of benzene rings is 2. The van der Waals surface area contributed by atoms with Crippen molar-refractivity contribution in [2.24, 2.45) is 0 Å². The Kier molecular flexibility index (Phi) is 15.6. The van der Waals surface area contributed by atoms with Crippen molar-refractivity contribution in [2.75, 3.05) is 33.0 Å². The van der Waals surface area contributed by atoms with Crippen molar-refractivity contribution in [3.05, 3.63) is 69.1 Å². The van der Waals surface area contributed by atoms with Crippen molar-refractivity contribution in [1.29, 1.82) is 0 Å². The van der Waals surface area contributed by atoms with Gasteiger partial charge in [-0.1, -0.05) is 89.2 Å². The molecule has 5 atom stereocenters. The highest BCUT2D eigenvalue weighted by atomic mass is 35.5. The van der Waals surface area contributed by atoms with E-state index < -0.39 is 0 Å². The van der Waals surface area contributed by atoms with Crippen LogP contribution in [0.2, 0.25) is 5.02 Å². The molecule has 3 aromatic rings. The molecule has 5 nitrogen and oxygen atoms in total. The van der Waals surface area contributed by atoms with Crippen LogP contribution in [0, 0.1) is 6.92 Å². The number of hydrogen-bond donors (Lipinski definition) is 0. The number of halogens is 1. The Labute approximate surface area is 280 Å². The van der Waals surface area contributed by atoms with E-state index in [1.165, 1.54) is 26.1 Å². The summed E-state index contributed by atoms with van der Waals surface area (Å²) in [7, 11) is 0. The maximum absolute atomic E-state index is 7.00. The van der Waals surface area contributed by atoms with Gasteiger partial charge in [0.05, 0.1) is 6.61 Å². The molecule has 1 fully saturated rings. The molecule has 0 radical (unpaired) electrons. The summed E-state index contributed by atoms with van der Waals surface area (Å²) in [6.45, 7) is 14.2. The lowest BCUT2D eigenvalue weighted by atomic mass is 9.89. The molecule has 0 spiro atoms. The van der Waals surface area contributed by atoms with Gasteiger partial charge in [0, 0.05) is 47.4 Å². The van der Waals surface area contributed by atoms with Crippen molar-refractivity contribution < 1.29 is 23.7 Å². The van der Waals surface area contributed by atoms with E-state index in [1.54, 1.807) is 0 Å². The summed E-state index contributed by atoms with van der Waals surface area (Å²) < 4.78 is 34.5. The lowest BCUT2D eigenvalue weighted by molar-refractivity contribution is -0.268. The minimum Gasteiger partial charge on any atom is -0.379 e. The fourth-order valence-corrected chi connectivity index (χ4v) is 7.30. The van der Waals surface area contributed by atoms with E-state index in [0.29, 0.717) is 26.4 Å². The summed E-state index contributed by atoms with van der Waals surface area (Å²) in [5.74, 6) is 0. The second kappa shape index (κ2) is 19.3. The van der Waals surface area contributed by atoms with Crippen molar-refractivity contribution in [1.82, 2.24) is 0 Å². The molecular formula is C38H55ClO5S. The largest absolute Gasteiger partial charge is 0.379 e. The molecule has 1 unspecified atom stereocenters. The quantitative estimate of drug-likeness (QED) is 0.113. The topological polar surface area (TPSA) is 46.2 Å². The van der Waals surface area contributed by atoms with Gasteiger partial charge in [0.1, 0.15) is 30.5 Å². The van der Waals surface area contributed by atoms with Crippen LogP contribution in [-0.2, 0) is 30.1 Å². The van der Waals surface area contributed by atoms with Gasteiger partial charge in [-0.15, -0.1) is 11.3 Å². The number of fused-ring (bicyclic) bond motifs is 1. The minimum absolute atomic E-state index is 0.248. The fourth-order valence-electron chi connectivity index (χ4n) is 5.91. The molecule has 0 aliphatic carbocycles. The number of thiophene rings is 1. The van der Waals surface area contributed by atoms with Gasteiger partial charge >= 0.3 is 0 Å². The Hall–Kier alpha value is -1.51. The first-order chi connectivity index (χ1) is 22.0. The van der Waals surface area contributed by atoms with Crippen molar-refractivity contribution in [3.8, 4) is 0 Å². The zero-order chi connectivity index (χ0) is 32.0. The van der Waals surface area contributed by atoms with Crippen LogP contribution in [-0.4, -0.2) is 57.5 Å². The average Bonchev–Trinajstić information content (AvgIpc) is 3.34. The fraction of sp³-hybridized carbons (Fsp3) is 0.632. The first-order valence-corrected chi connectivity index (χ1v) is 18.5. The van der Waals surface area contributed by atoms with Gasteiger partial charge in [0.15, 0.2) is 0 Å². The van der Waals surface area contributed by atoms with Crippen molar-refractivity contribution in [2.45, 2.75) is 123 Å². The molecule has 1 saturated heterocycles. The number of aryl methyl sites for hydroxylation is 1. The summed E-state index contributed by atoms with van der Waals surface area (Å²) in [4.78, 5) is 1.36. The van der Waals surface area contributed by atoms with Crippen LogP contribution >= 0.6 is 22.9 Å². The summed E-state index contributed by atoms with van der Waals surface area (Å²) in [5, 5.41) is 2.02. The molecule has 45 heavy (non-hydrogen) atoms. The molecule has 250 valence electrons. The maximum Gasteiger partial charge on any atom is 0.117 e. The van der Waals surface area contributed by atoms with Gasteiger partial charge in [-0.2, -0.15) is 0 Å². The van der Waals surface area contributed by atoms with E-state index in [0.717, 1.165) is 75.0 Å². The highest BCUT2D eigenvalue weighted by molar-refractivity contribution is 7.19. The average molecular weight is 659 g/mol. The first kappa shape index (κ1) is 36.3. The van der Waals surface area contributed by atoms with Gasteiger partial charge in [-0.3, -0.25) is 0 Å². The molecule has 2 aromatic carbocycles. The van der Waals surface area contributed by atoms with E-state index in [4.69, 9.17) is 35.3 Å². The molecule has 0 N–H and O–H groups in total. The molecule has 1 aromatic heterocycles. The Morgan fingerprint density at radius 3 is 2.09 bits per heavy atom. The number of rotatable bonds is 20. The van der Waals surface area contributed by atoms with Crippen LogP contribution in [0.15, 0.2) is 42.5 Å². The summed E-state index contributed by atoms with van der Waals surface area (Å²) >= 11 is 8.18. The summed E-state index contributed by atoms with van der Waals surface area (Å²) in [6.07, 6.45) is 7.86. The number of hydrogen-bond acceptors (Lipinski definition) is 6. The highest BCUT2D eigenvalue weighted by Gasteiger charge is 2.48. The zero-order valence-corrected chi connectivity index (χ0v) is 29.7. The van der Waals surface area contributed by atoms with Gasteiger partial charge in [-0.05, 0) is 72.9 Å². The molecule has 0 saturated carbocycles. The van der Waals surface area contributed by atoms with Crippen LogP contribution in [0.3, 0.4) is 0 Å². The van der Waals surface area contributed by atoms with E-state index in [-0.39, 0.29) is 30.5 Å². The Bertz CT molecular complexity index is 1280. The normalized spacial score (nSPS) is 22.0. The molecule has 1 aliphatic heterocycles. The van der Waals surface area contributed by atoms with Crippen LogP contribution in [0.25, 0.3) is 10.1 Å². The molecule has 0 amide bonds. The molecule has 4 rings (SSSR count). The summed E-state index contributed by atoms with van der Waals surface area (Å²) in [5.41, 5.74) is 3.67. The predicted molar refractivity (Wildman–Crippen MR) is 188 cm³/mol. The predicted octanol–water partition coefficient (Wildman–Crippen LogP) is 10.3.